The van der Waals surface area contributed by atoms with Gasteiger partial charge in [0, 0.05) is 15.6 Å². The maximum atomic E-state index is 13.6. The third-order valence-corrected chi connectivity index (χ3v) is 7.19. The number of aromatic nitrogens is 2. The van der Waals surface area contributed by atoms with Gasteiger partial charge in [-0.15, -0.1) is 0 Å². The van der Waals surface area contributed by atoms with Gasteiger partial charge in [0.1, 0.15) is 17.4 Å². The number of para-hydroxylation sites is 1. The molecule has 190 valence electrons. The van der Waals surface area contributed by atoms with Gasteiger partial charge in [-0.25, -0.2) is 9.37 Å². The highest BCUT2D eigenvalue weighted by atomic mass is 79.9. The van der Waals surface area contributed by atoms with E-state index >= 15 is 0 Å². The molecule has 38 heavy (non-hydrogen) atoms. The van der Waals surface area contributed by atoms with Gasteiger partial charge in [-0.05, 0) is 51.8 Å². The van der Waals surface area contributed by atoms with Gasteiger partial charge in [0.2, 0.25) is 0 Å². The van der Waals surface area contributed by atoms with E-state index in [9.17, 15) is 9.18 Å². The summed E-state index contributed by atoms with van der Waals surface area (Å²) >= 11 is 10.1. The van der Waals surface area contributed by atoms with E-state index in [2.05, 4.69) is 21.0 Å². The Labute approximate surface area is 231 Å². The van der Waals surface area contributed by atoms with E-state index in [0.29, 0.717) is 38.1 Å². The van der Waals surface area contributed by atoms with Crippen LogP contribution in [0.15, 0.2) is 99.3 Å². The summed E-state index contributed by atoms with van der Waals surface area (Å²) in [6, 6.07) is 24.3. The maximum absolute atomic E-state index is 13.6. The van der Waals surface area contributed by atoms with Crippen molar-refractivity contribution < 1.29 is 13.9 Å². The van der Waals surface area contributed by atoms with Crippen molar-refractivity contribution in [1.82, 2.24) is 9.66 Å². The topological polar surface area (TPSA) is 65.7 Å². The Morgan fingerprint density at radius 2 is 1.82 bits per heavy atom. The lowest BCUT2D eigenvalue weighted by molar-refractivity contribution is 0.284. The molecule has 0 amide bonds. The van der Waals surface area contributed by atoms with Gasteiger partial charge >= 0.3 is 0 Å². The normalized spacial score (nSPS) is 11.3. The Bertz CT molecular complexity index is 1720. The van der Waals surface area contributed by atoms with Crippen molar-refractivity contribution in [3.05, 3.63) is 122 Å². The van der Waals surface area contributed by atoms with Crippen molar-refractivity contribution in [2.24, 2.45) is 5.10 Å². The second kappa shape index (κ2) is 11.2. The van der Waals surface area contributed by atoms with Crippen molar-refractivity contribution in [2.75, 3.05) is 7.11 Å². The number of benzene rings is 4. The highest BCUT2D eigenvalue weighted by Gasteiger charge is 2.18. The number of nitrogens with zero attached hydrogens (tertiary/aromatic N) is 3. The van der Waals surface area contributed by atoms with E-state index in [-0.39, 0.29) is 28.8 Å². The zero-order valence-electron chi connectivity index (χ0n) is 20.1. The first-order chi connectivity index (χ1) is 18.5. The smallest absolute Gasteiger partial charge is 0.282 e. The van der Waals surface area contributed by atoms with Crippen LogP contribution in [-0.4, -0.2) is 23.0 Å². The summed E-state index contributed by atoms with van der Waals surface area (Å²) in [5.74, 6) is 0.681. The van der Waals surface area contributed by atoms with Gasteiger partial charge in [0.15, 0.2) is 17.3 Å². The number of hydrogen-bond donors (Lipinski definition) is 0. The first kappa shape index (κ1) is 25.6. The molecule has 0 atom stereocenters. The third kappa shape index (κ3) is 5.18. The Morgan fingerprint density at radius 1 is 1.05 bits per heavy atom. The molecule has 9 heteroatoms. The van der Waals surface area contributed by atoms with Crippen LogP contribution in [-0.2, 0) is 6.61 Å². The zero-order chi connectivity index (χ0) is 26.6. The van der Waals surface area contributed by atoms with Crippen LogP contribution < -0.4 is 15.0 Å². The summed E-state index contributed by atoms with van der Waals surface area (Å²) in [6.45, 7) is 0.0896. The molecule has 5 rings (SSSR count). The molecule has 0 saturated carbocycles. The second-order valence-electron chi connectivity index (χ2n) is 8.22. The molecule has 0 aliphatic rings. The molecule has 1 heterocycles. The molecule has 0 bridgehead atoms. The van der Waals surface area contributed by atoms with Crippen molar-refractivity contribution in [1.29, 1.82) is 0 Å². The maximum Gasteiger partial charge on any atom is 0.282 e. The summed E-state index contributed by atoms with van der Waals surface area (Å²) < 4.78 is 26.7. The standard InChI is InChI=1S/C29H20BrClFN3O3/c1-37-24-15-20(25(30)26(31)27(24)38-17-18-8-7-11-21(32)14-18)16-33-35-28(19-9-3-2-4-10-19)34-23-13-6-5-12-22(23)29(35)36/h2-16H,17H2,1H3. The van der Waals surface area contributed by atoms with Gasteiger partial charge < -0.3 is 9.47 Å². The van der Waals surface area contributed by atoms with Crippen LogP contribution in [0, 0.1) is 5.82 Å². The second-order valence-corrected chi connectivity index (χ2v) is 9.39. The molecular weight excluding hydrogens is 573 g/mol. The molecule has 0 N–H and O–H groups in total. The van der Waals surface area contributed by atoms with E-state index in [4.69, 9.17) is 26.1 Å². The predicted molar refractivity (Wildman–Crippen MR) is 151 cm³/mol. The molecule has 0 spiro atoms. The number of methoxy groups -OCH3 is 1. The highest BCUT2D eigenvalue weighted by Crippen LogP contribution is 2.42. The predicted octanol–water partition coefficient (Wildman–Crippen LogP) is 7.09. The van der Waals surface area contributed by atoms with Crippen LogP contribution >= 0.6 is 27.5 Å². The lowest BCUT2D eigenvalue weighted by atomic mass is 10.2. The molecule has 0 fully saturated rings. The van der Waals surface area contributed by atoms with Crippen LogP contribution in [0.3, 0.4) is 0 Å². The Balaban J connectivity index is 1.56. The molecule has 6 nitrogen and oxygen atoms in total. The lowest BCUT2D eigenvalue weighted by Gasteiger charge is -2.15. The lowest BCUT2D eigenvalue weighted by Crippen LogP contribution is -2.20. The van der Waals surface area contributed by atoms with E-state index in [1.807, 2.05) is 36.4 Å². The van der Waals surface area contributed by atoms with Crippen LogP contribution in [0.2, 0.25) is 5.02 Å². The van der Waals surface area contributed by atoms with E-state index in [0.717, 1.165) is 5.56 Å². The fraction of sp³-hybridized carbons (Fsp3) is 0.0690. The molecule has 0 unspecified atom stereocenters. The first-order valence-corrected chi connectivity index (χ1v) is 12.7. The van der Waals surface area contributed by atoms with E-state index < -0.39 is 0 Å². The Morgan fingerprint density at radius 3 is 2.58 bits per heavy atom. The first-order valence-electron chi connectivity index (χ1n) is 11.5. The zero-order valence-corrected chi connectivity index (χ0v) is 22.4. The van der Waals surface area contributed by atoms with Crippen molar-refractivity contribution in [2.45, 2.75) is 6.61 Å². The molecule has 0 aliphatic carbocycles. The number of rotatable bonds is 7. The molecular formula is C29H20BrClFN3O3. The summed E-state index contributed by atoms with van der Waals surface area (Å²) in [6.07, 6.45) is 1.50. The van der Waals surface area contributed by atoms with E-state index in [1.165, 1.54) is 30.1 Å². The molecule has 0 saturated heterocycles. The number of hydrogen-bond acceptors (Lipinski definition) is 5. The van der Waals surface area contributed by atoms with Crippen LogP contribution in [0.25, 0.3) is 22.3 Å². The SMILES string of the molecule is COc1cc(C=Nn2c(-c3ccccc3)nc3ccccc3c2=O)c(Br)c(Cl)c1OCc1cccc(F)c1. The summed E-state index contributed by atoms with van der Waals surface area (Å²) in [7, 11) is 1.49. The number of halogens is 3. The monoisotopic (exact) mass is 591 g/mol. The van der Waals surface area contributed by atoms with Gasteiger partial charge in [0.25, 0.3) is 5.56 Å². The fourth-order valence-electron chi connectivity index (χ4n) is 3.89. The van der Waals surface area contributed by atoms with Gasteiger partial charge in [0.05, 0.1) is 24.2 Å². The van der Waals surface area contributed by atoms with Crippen LogP contribution in [0.4, 0.5) is 4.39 Å². The number of fused-ring (bicyclic) bond motifs is 1. The largest absolute Gasteiger partial charge is 0.493 e. The van der Waals surface area contributed by atoms with Gasteiger partial charge in [-0.3, -0.25) is 4.79 Å². The van der Waals surface area contributed by atoms with Crippen molar-refractivity contribution in [3.63, 3.8) is 0 Å². The molecule has 1 aromatic heterocycles. The molecule has 5 aromatic rings. The molecule has 4 aromatic carbocycles. The Hall–Kier alpha value is -4.01. The van der Waals surface area contributed by atoms with E-state index in [1.54, 1.807) is 36.4 Å². The van der Waals surface area contributed by atoms with Gasteiger partial charge in [-0.1, -0.05) is 66.2 Å². The minimum Gasteiger partial charge on any atom is -0.493 e. The van der Waals surface area contributed by atoms with Crippen LogP contribution in [0.5, 0.6) is 11.5 Å². The summed E-state index contributed by atoms with van der Waals surface area (Å²) in [5, 5.41) is 5.19. The molecule has 0 aliphatic heterocycles. The minimum atomic E-state index is -0.356. The van der Waals surface area contributed by atoms with Crippen molar-refractivity contribution >= 4 is 44.6 Å². The average Bonchev–Trinajstić information content (AvgIpc) is 2.94. The quantitative estimate of drug-likeness (QED) is 0.189. The Kier molecular flexibility index (Phi) is 7.53. The number of ether oxygens (including phenoxy) is 2. The minimum absolute atomic E-state index is 0.0896. The third-order valence-electron chi connectivity index (χ3n) is 5.75. The summed E-state index contributed by atoms with van der Waals surface area (Å²) in [4.78, 5) is 18.1. The highest BCUT2D eigenvalue weighted by molar-refractivity contribution is 9.10. The fourth-order valence-corrected chi connectivity index (χ4v) is 4.55. The molecule has 0 radical (unpaired) electrons. The van der Waals surface area contributed by atoms with Crippen LogP contribution in [0.1, 0.15) is 11.1 Å². The average molecular weight is 593 g/mol. The van der Waals surface area contributed by atoms with Gasteiger partial charge in [-0.2, -0.15) is 9.78 Å². The summed E-state index contributed by atoms with van der Waals surface area (Å²) in [5.41, 5.74) is 2.19. The van der Waals surface area contributed by atoms with Crippen molar-refractivity contribution in [3.8, 4) is 22.9 Å².